The Balaban J connectivity index is 2.34. The Labute approximate surface area is 79.0 Å². The smallest absolute Gasteiger partial charge is 0.116 e. The summed E-state index contributed by atoms with van der Waals surface area (Å²) in [6.07, 6.45) is 6.31. The summed E-state index contributed by atoms with van der Waals surface area (Å²) in [5.41, 5.74) is 6.19. The first-order valence-electron chi connectivity index (χ1n) is 4.98. The van der Waals surface area contributed by atoms with Crippen LogP contribution in [-0.2, 0) is 12.0 Å². The lowest BCUT2D eigenvalue weighted by Gasteiger charge is -2.19. The Kier molecular flexibility index (Phi) is 1.91. The van der Waals surface area contributed by atoms with E-state index in [4.69, 9.17) is 5.73 Å². The average Bonchev–Trinajstić information content (AvgIpc) is 2.78. The van der Waals surface area contributed by atoms with Crippen molar-refractivity contribution >= 4 is 0 Å². The summed E-state index contributed by atoms with van der Waals surface area (Å²) >= 11 is 0. The second-order valence-electron chi connectivity index (χ2n) is 3.98. The van der Waals surface area contributed by atoms with E-state index in [1.54, 1.807) is 0 Å². The van der Waals surface area contributed by atoms with Crippen LogP contribution in [0.2, 0.25) is 0 Å². The molecule has 1 unspecified atom stereocenters. The molecule has 1 fully saturated rings. The van der Waals surface area contributed by atoms with Crippen LogP contribution in [0.15, 0.2) is 12.4 Å². The lowest BCUT2D eigenvalue weighted by atomic mass is 9.98. The molecule has 0 spiro atoms. The first-order chi connectivity index (χ1) is 6.20. The van der Waals surface area contributed by atoms with Gasteiger partial charge in [-0.15, -0.1) is 0 Å². The van der Waals surface area contributed by atoms with Crippen molar-refractivity contribution in [1.82, 2.24) is 9.55 Å². The number of aryl methyl sites for hydroxylation is 1. The first-order valence-corrected chi connectivity index (χ1v) is 4.98. The number of rotatable bonds is 3. The maximum atomic E-state index is 5.99. The molecule has 3 heteroatoms. The summed E-state index contributed by atoms with van der Waals surface area (Å²) in [7, 11) is 0. The van der Waals surface area contributed by atoms with E-state index in [1.165, 1.54) is 18.7 Å². The normalized spacial score (nSPS) is 21.5. The van der Waals surface area contributed by atoms with Gasteiger partial charge in [-0.3, -0.25) is 0 Å². The zero-order valence-electron chi connectivity index (χ0n) is 8.33. The number of nitrogens with two attached hydrogens (primary N) is 1. The number of aromatic nitrogens is 2. The number of hydrogen-bond acceptors (Lipinski definition) is 2. The molecule has 0 bridgehead atoms. The van der Waals surface area contributed by atoms with E-state index in [0.717, 1.165) is 6.54 Å². The van der Waals surface area contributed by atoms with Crippen molar-refractivity contribution in [1.29, 1.82) is 0 Å². The molecular weight excluding hydrogens is 162 g/mol. The van der Waals surface area contributed by atoms with Crippen LogP contribution in [0.5, 0.6) is 0 Å². The molecule has 1 atom stereocenters. The predicted molar refractivity (Wildman–Crippen MR) is 52.5 cm³/mol. The van der Waals surface area contributed by atoms with Gasteiger partial charge in [-0.1, -0.05) is 0 Å². The van der Waals surface area contributed by atoms with Crippen LogP contribution in [0.1, 0.15) is 32.5 Å². The van der Waals surface area contributed by atoms with Gasteiger partial charge < -0.3 is 10.3 Å². The predicted octanol–water partition coefficient (Wildman–Crippen LogP) is 1.28. The lowest BCUT2D eigenvalue weighted by Crippen LogP contribution is -2.34. The van der Waals surface area contributed by atoms with Gasteiger partial charge in [0.25, 0.3) is 0 Å². The molecule has 1 saturated carbocycles. The van der Waals surface area contributed by atoms with E-state index in [9.17, 15) is 0 Å². The van der Waals surface area contributed by atoms with Gasteiger partial charge in [0.05, 0.1) is 0 Å². The Hall–Kier alpha value is -0.830. The molecule has 1 heterocycles. The minimum Gasteiger partial charge on any atom is -0.335 e. The number of imidazole rings is 1. The van der Waals surface area contributed by atoms with Gasteiger partial charge in [0, 0.05) is 30.4 Å². The van der Waals surface area contributed by atoms with Gasteiger partial charge in [-0.2, -0.15) is 0 Å². The van der Waals surface area contributed by atoms with Crippen molar-refractivity contribution in [2.45, 2.75) is 44.7 Å². The summed E-state index contributed by atoms with van der Waals surface area (Å²) in [5, 5.41) is 0. The van der Waals surface area contributed by atoms with E-state index >= 15 is 0 Å². The lowest BCUT2D eigenvalue weighted by molar-refractivity contribution is 0.497. The van der Waals surface area contributed by atoms with Crippen LogP contribution in [-0.4, -0.2) is 15.6 Å². The fraction of sp³-hybridized carbons (Fsp3) is 0.700. The third-order valence-electron chi connectivity index (χ3n) is 3.16. The van der Waals surface area contributed by atoms with E-state index in [1.807, 2.05) is 12.4 Å². The Morgan fingerprint density at radius 2 is 2.38 bits per heavy atom. The Bertz CT molecular complexity index is 297. The Morgan fingerprint density at radius 3 is 2.85 bits per heavy atom. The topological polar surface area (TPSA) is 43.8 Å². The molecule has 1 aromatic rings. The molecule has 0 aromatic carbocycles. The first kappa shape index (κ1) is 8.75. The highest BCUT2D eigenvalue weighted by Crippen LogP contribution is 2.49. The summed E-state index contributed by atoms with van der Waals surface area (Å²) in [6.45, 7) is 5.22. The maximum Gasteiger partial charge on any atom is 0.116 e. The molecule has 0 aliphatic heterocycles. The van der Waals surface area contributed by atoms with Crippen molar-refractivity contribution in [2.24, 2.45) is 5.73 Å². The van der Waals surface area contributed by atoms with Crippen molar-refractivity contribution in [3.8, 4) is 0 Å². The quantitative estimate of drug-likeness (QED) is 0.759. The second-order valence-corrected chi connectivity index (χ2v) is 3.98. The molecule has 0 radical (unpaired) electrons. The average molecular weight is 179 g/mol. The molecule has 72 valence electrons. The molecule has 1 aliphatic carbocycles. The minimum atomic E-state index is 0.194. The minimum absolute atomic E-state index is 0.194. The highest BCUT2D eigenvalue weighted by molar-refractivity contribution is 5.22. The maximum absolute atomic E-state index is 5.99. The van der Waals surface area contributed by atoms with Crippen molar-refractivity contribution < 1.29 is 0 Å². The van der Waals surface area contributed by atoms with Gasteiger partial charge in [-0.25, -0.2) is 4.98 Å². The summed E-state index contributed by atoms with van der Waals surface area (Å²) in [6, 6.07) is 0.222. The van der Waals surface area contributed by atoms with Crippen LogP contribution >= 0.6 is 0 Å². The van der Waals surface area contributed by atoms with Crippen molar-refractivity contribution in [3.63, 3.8) is 0 Å². The molecule has 2 rings (SSSR count). The largest absolute Gasteiger partial charge is 0.335 e. The highest BCUT2D eigenvalue weighted by Gasteiger charge is 2.50. The summed E-state index contributed by atoms with van der Waals surface area (Å²) in [4.78, 5) is 4.43. The summed E-state index contributed by atoms with van der Waals surface area (Å²) in [5.74, 6) is 1.19. The highest BCUT2D eigenvalue weighted by atomic mass is 15.1. The van der Waals surface area contributed by atoms with Gasteiger partial charge in [0.2, 0.25) is 0 Å². The standard InChI is InChI=1S/C10H17N3/c1-3-13-7-6-12-9(13)10(4-5-10)8(2)11/h6-8H,3-5,11H2,1-2H3. The van der Waals surface area contributed by atoms with E-state index in [-0.39, 0.29) is 11.5 Å². The molecule has 2 N–H and O–H groups in total. The van der Waals surface area contributed by atoms with Crippen molar-refractivity contribution in [2.75, 3.05) is 0 Å². The SMILES string of the molecule is CCn1ccnc1C1(C(C)N)CC1. The van der Waals surface area contributed by atoms with Crippen LogP contribution in [0.4, 0.5) is 0 Å². The Morgan fingerprint density at radius 1 is 1.69 bits per heavy atom. The molecule has 0 amide bonds. The summed E-state index contributed by atoms with van der Waals surface area (Å²) < 4.78 is 2.20. The molecular formula is C10H17N3. The van der Waals surface area contributed by atoms with Crippen LogP contribution in [0.25, 0.3) is 0 Å². The molecule has 3 nitrogen and oxygen atoms in total. The third kappa shape index (κ3) is 1.18. The van der Waals surface area contributed by atoms with Gasteiger partial charge in [-0.05, 0) is 26.7 Å². The van der Waals surface area contributed by atoms with Crippen LogP contribution in [0.3, 0.4) is 0 Å². The second kappa shape index (κ2) is 2.84. The van der Waals surface area contributed by atoms with Crippen LogP contribution < -0.4 is 5.73 Å². The van der Waals surface area contributed by atoms with Crippen molar-refractivity contribution in [3.05, 3.63) is 18.2 Å². The molecule has 1 aromatic heterocycles. The fourth-order valence-corrected chi connectivity index (χ4v) is 2.02. The van der Waals surface area contributed by atoms with E-state index in [0.29, 0.717) is 0 Å². The van der Waals surface area contributed by atoms with Gasteiger partial charge in [0.15, 0.2) is 0 Å². The van der Waals surface area contributed by atoms with Gasteiger partial charge in [0.1, 0.15) is 5.82 Å². The third-order valence-corrected chi connectivity index (χ3v) is 3.16. The zero-order valence-corrected chi connectivity index (χ0v) is 8.33. The monoisotopic (exact) mass is 179 g/mol. The van der Waals surface area contributed by atoms with E-state index in [2.05, 4.69) is 23.4 Å². The molecule has 0 saturated heterocycles. The number of nitrogens with zero attached hydrogens (tertiary/aromatic N) is 2. The molecule has 13 heavy (non-hydrogen) atoms. The van der Waals surface area contributed by atoms with Crippen LogP contribution in [0, 0.1) is 0 Å². The molecule has 1 aliphatic rings. The van der Waals surface area contributed by atoms with E-state index < -0.39 is 0 Å². The van der Waals surface area contributed by atoms with Gasteiger partial charge >= 0.3 is 0 Å². The number of hydrogen-bond donors (Lipinski definition) is 1. The fourth-order valence-electron chi connectivity index (χ4n) is 2.02. The zero-order chi connectivity index (χ0) is 9.47.